The number of aryl methyl sites for hydroxylation is 1. The molecule has 0 aromatic carbocycles. The van der Waals surface area contributed by atoms with Gasteiger partial charge in [0.1, 0.15) is 10.6 Å². The van der Waals surface area contributed by atoms with Crippen molar-refractivity contribution >= 4 is 22.5 Å². The van der Waals surface area contributed by atoms with Gasteiger partial charge in [-0.1, -0.05) is 6.92 Å². The first-order chi connectivity index (χ1) is 6.59. The lowest BCUT2D eigenvalue weighted by Gasteiger charge is -2.02. The van der Waals surface area contributed by atoms with Crippen LogP contribution in [0.2, 0.25) is 0 Å². The summed E-state index contributed by atoms with van der Waals surface area (Å²) in [5.74, 6) is -0.244. The molecule has 4 nitrogen and oxygen atoms in total. The minimum atomic E-state index is -0.896. The molecule has 1 fully saturated rings. The van der Waals surface area contributed by atoms with Gasteiger partial charge in [0.25, 0.3) is 0 Å². The molecule has 0 bridgehead atoms. The Morgan fingerprint density at radius 1 is 1.71 bits per heavy atom. The van der Waals surface area contributed by atoms with Crippen molar-refractivity contribution in [1.82, 2.24) is 4.37 Å². The Hall–Kier alpha value is -1.10. The third-order valence-corrected chi connectivity index (χ3v) is 3.37. The predicted octanol–water partition coefficient (Wildman–Crippen LogP) is 1.97. The fourth-order valence-corrected chi connectivity index (χ4v) is 2.26. The van der Waals surface area contributed by atoms with Gasteiger partial charge in [-0.25, -0.2) is 4.79 Å². The van der Waals surface area contributed by atoms with Gasteiger partial charge in [-0.3, -0.25) is 0 Å². The molecule has 2 rings (SSSR count). The maximum Gasteiger partial charge on any atom is 0.340 e. The minimum absolute atomic E-state index is 0.328. The van der Waals surface area contributed by atoms with E-state index in [1.807, 2.05) is 0 Å². The number of aromatic nitrogens is 1. The Labute approximate surface area is 86.1 Å². The third-order valence-electron chi connectivity index (χ3n) is 2.50. The number of nitrogens with one attached hydrogen (secondary N) is 1. The maximum absolute atomic E-state index is 10.9. The highest BCUT2D eigenvalue weighted by Gasteiger charge is 2.34. The first kappa shape index (κ1) is 9.45. The third kappa shape index (κ3) is 1.59. The summed E-state index contributed by atoms with van der Waals surface area (Å²) in [6.07, 6.45) is 1.12. The van der Waals surface area contributed by atoms with E-state index in [9.17, 15) is 4.79 Å². The topological polar surface area (TPSA) is 62.2 Å². The number of hydrogen-bond acceptors (Lipinski definition) is 4. The van der Waals surface area contributed by atoms with E-state index in [2.05, 4.69) is 16.6 Å². The summed E-state index contributed by atoms with van der Waals surface area (Å²) in [6, 6.07) is 0.438. The summed E-state index contributed by atoms with van der Waals surface area (Å²) in [7, 11) is 0. The second-order valence-electron chi connectivity index (χ2n) is 3.74. The molecule has 1 aromatic rings. The van der Waals surface area contributed by atoms with E-state index in [0.29, 0.717) is 28.2 Å². The first-order valence-corrected chi connectivity index (χ1v) is 5.33. The molecule has 1 aliphatic carbocycles. The van der Waals surface area contributed by atoms with Crippen LogP contribution in [0.15, 0.2) is 0 Å². The van der Waals surface area contributed by atoms with Crippen LogP contribution in [0.25, 0.3) is 0 Å². The number of nitrogens with zero attached hydrogens (tertiary/aromatic N) is 1. The fourth-order valence-electron chi connectivity index (χ4n) is 1.41. The minimum Gasteiger partial charge on any atom is -0.478 e. The van der Waals surface area contributed by atoms with Crippen LogP contribution in [0, 0.1) is 12.8 Å². The Kier molecular flexibility index (Phi) is 2.19. The van der Waals surface area contributed by atoms with Gasteiger partial charge in [0.2, 0.25) is 0 Å². The molecule has 14 heavy (non-hydrogen) atoms. The van der Waals surface area contributed by atoms with Gasteiger partial charge in [-0.05, 0) is 30.8 Å². The number of carboxylic acid groups (broad SMARTS) is 1. The molecule has 0 saturated heterocycles. The summed E-state index contributed by atoms with van der Waals surface area (Å²) in [4.78, 5) is 10.9. The van der Waals surface area contributed by atoms with Crippen molar-refractivity contribution in [2.75, 3.05) is 5.32 Å². The van der Waals surface area contributed by atoms with Gasteiger partial charge in [-0.2, -0.15) is 4.37 Å². The van der Waals surface area contributed by atoms with Gasteiger partial charge < -0.3 is 10.4 Å². The van der Waals surface area contributed by atoms with Crippen LogP contribution < -0.4 is 5.32 Å². The molecule has 1 heterocycles. The number of hydrogen-bond donors (Lipinski definition) is 2. The Morgan fingerprint density at radius 3 is 2.86 bits per heavy atom. The zero-order valence-electron chi connectivity index (χ0n) is 8.07. The average molecular weight is 212 g/mol. The summed E-state index contributed by atoms with van der Waals surface area (Å²) in [6.45, 7) is 3.87. The standard InChI is InChI=1S/C9H12N2O2S/c1-4-3-6(4)10-8-7(9(12)13)5(2)11-14-8/h4,6,10H,3H2,1-2H3,(H,12,13). The molecular weight excluding hydrogens is 200 g/mol. The van der Waals surface area contributed by atoms with Crippen LogP contribution in [0.3, 0.4) is 0 Å². The van der Waals surface area contributed by atoms with Crippen molar-refractivity contribution in [3.05, 3.63) is 11.3 Å². The van der Waals surface area contributed by atoms with E-state index < -0.39 is 5.97 Å². The zero-order chi connectivity index (χ0) is 10.3. The zero-order valence-corrected chi connectivity index (χ0v) is 8.89. The summed E-state index contributed by atoms with van der Waals surface area (Å²) in [5, 5.41) is 12.9. The molecule has 2 unspecified atom stereocenters. The van der Waals surface area contributed by atoms with Gasteiger partial charge in [0.05, 0.1) is 5.69 Å². The van der Waals surface area contributed by atoms with Crippen molar-refractivity contribution in [3.8, 4) is 0 Å². The van der Waals surface area contributed by atoms with Crippen molar-refractivity contribution in [2.45, 2.75) is 26.3 Å². The van der Waals surface area contributed by atoms with Gasteiger partial charge >= 0.3 is 5.97 Å². The molecular formula is C9H12N2O2S. The molecule has 0 aliphatic heterocycles. The summed E-state index contributed by atoms with van der Waals surface area (Å²) in [5.41, 5.74) is 0.924. The number of aromatic carboxylic acids is 1. The Bertz CT molecular complexity index is 375. The van der Waals surface area contributed by atoms with Gasteiger partial charge in [0, 0.05) is 6.04 Å². The molecule has 76 valence electrons. The first-order valence-electron chi connectivity index (χ1n) is 4.55. The van der Waals surface area contributed by atoms with E-state index in [0.717, 1.165) is 6.42 Å². The molecule has 2 N–H and O–H groups in total. The second-order valence-corrected chi connectivity index (χ2v) is 4.51. The van der Waals surface area contributed by atoms with E-state index in [1.165, 1.54) is 11.5 Å². The smallest absolute Gasteiger partial charge is 0.340 e. The van der Waals surface area contributed by atoms with Crippen molar-refractivity contribution in [3.63, 3.8) is 0 Å². The van der Waals surface area contributed by atoms with Crippen LogP contribution in [-0.2, 0) is 0 Å². The molecule has 5 heteroatoms. The Morgan fingerprint density at radius 2 is 2.36 bits per heavy atom. The highest BCUT2D eigenvalue weighted by molar-refractivity contribution is 7.10. The average Bonchev–Trinajstić information content (AvgIpc) is 2.62. The molecule has 0 spiro atoms. The molecule has 0 radical (unpaired) electrons. The van der Waals surface area contributed by atoms with Crippen LogP contribution in [0.1, 0.15) is 29.4 Å². The van der Waals surface area contributed by atoms with Crippen LogP contribution >= 0.6 is 11.5 Å². The second kappa shape index (κ2) is 3.24. The number of rotatable bonds is 3. The molecule has 0 amide bonds. The monoisotopic (exact) mass is 212 g/mol. The van der Waals surface area contributed by atoms with E-state index in [1.54, 1.807) is 6.92 Å². The van der Waals surface area contributed by atoms with Crippen molar-refractivity contribution in [2.24, 2.45) is 5.92 Å². The Balaban J connectivity index is 2.20. The van der Waals surface area contributed by atoms with Crippen LogP contribution in [-0.4, -0.2) is 21.5 Å². The fraction of sp³-hybridized carbons (Fsp3) is 0.556. The lowest BCUT2D eigenvalue weighted by Crippen LogP contribution is -2.07. The summed E-state index contributed by atoms with van der Waals surface area (Å²) < 4.78 is 4.04. The normalized spacial score (nSPS) is 24.7. The quantitative estimate of drug-likeness (QED) is 0.804. The van der Waals surface area contributed by atoms with Crippen LogP contribution in [0.4, 0.5) is 5.00 Å². The SMILES string of the molecule is Cc1nsc(NC2CC2C)c1C(=O)O. The maximum atomic E-state index is 10.9. The van der Waals surface area contributed by atoms with Gasteiger partial charge in [0.15, 0.2) is 0 Å². The van der Waals surface area contributed by atoms with E-state index >= 15 is 0 Å². The molecule has 1 aromatic heterocycles. The van der Waals surface area contributed by atoms with Crippen molar-refractivity contribution < 1.29 is 9.90 Å². The highest BCUT2D eigenvalue weighted by atomic mass is 32.1. The number of anilines is 1. The van der Waals surface area contributed by atoms with E-state index in [4.69, 9.17) is 5.11 Å². The van der Waals surface area contributed by atoms with E-state index in [-0.39, 0.29) is 0 Å². The molecule has 1 saturated carbocycles. The number of carboxylic acids is 1. The largest absolute Gasteiger partial charge is 0.478 e. The lowest BCUT2D eigenvalue weighted by molar-refractivity contribution is 0.0697. The predicted molar refractivity (Wildman–Crippen MR) is 55.0 cm³/mol. The van der Waals surface area contributed by atoms with Gasteiger partial charge in [-0.15, -0.1) is 0 Å². The highest BCUT2D eigenvalue weighted by Crippen LogP contribution is 2.35. The number of carbonyl (C=O) groups is 1. The van der Waals surface area contributed by atoms with Crippen molar-refractivity contribution in [1.29, 1.82) is 0 Å². The van der Waals surface area contributed by atoms with Crippen LogP contribution in [0.5, 0.6) is 0 Å². The molecule has 1 aliphatic rings. The summed E-state index contributed by atoms with van der Waals surface area (Å²) >= 11 is 1.23. The molecule has 2 atom stereocenters. The lowest BCUT2D eigenvalue weighted by atomic mass is 10.2.